The van der Waals surface area contributed by atoms with Crippen LogP contribution in [0.3, 0.4) is 0 Å². The van der Waals surface area contributed by atoms with E-state index < -0.39 is 0 Å². The Morgan fingerprint density at radius 2 is 1.81 bits per heavy atom. The first-order chi connectivity index (χ1) is 18.1. The zero-order valence-corrected chi connectivity index (χ0v) is 22.0. The van der Waals surface area contributed by atoms with Crippen molar-refractivity contribution in [2.75, 3.05) is 25.4 Å². The number of oxazole rings is 1. The van der Waals surface area contributed by atoms with E-state index in [2.05, 4.69) is 66.0 Å². The molecule has 0 amide bonds. The molecule has 0 spiro atoms. The maximum Gasteiger partial charge on any atom is 0.226 e. The fraction of sp³-hybridized carbons (Fsp3) is 0.310. The molecule has 1 aliphatic heterocycles. The second-order valence-electron chi connectivity index (χ2n) is 9.58. The number of aryl methyl sites for hydroxylation is 1. The first-order valence-corrected chi connectivity index (χ1v) is 13.8. The molecule has 0 fully saturated rings. The Kier molecular flexibility index (Phi) is 6.76. The van der Waals surface area contributed by atoms with Crippen molar-refractivity contribution in [3.05, 3.63) is 77.8 Å². The number of fused-ring (bicyclic) bond motifs is 2. The van der Waals surface area contributed by atoms with Gasteiger partial charge >= 0.3 is 0 Å². The van der Waals surface area contributed by atoms with E-state index >= 15 is 0 Å². The molecule has 0 aliphatic carbocycles. The van der Waals surface area contributed by atoms with Crippen molar-refractivity contribution in [1.29, 1.82) is 0 Å². The topological polar surface area (TPSA) is 72.9 Å². The second-order valence-corrected chi connectivity index (χ2v) is 10.6. The summed E-state index contributed by atoms with van der Waals surface area (Å²) in [6, 6.07) is 16.9. The Balaban J connectivity index is 1.02. The molecule has 188 valence electrons. The molecule has 0 atom stereocenters. The number of benzene rings is 2. The molecule has 4 heterocycles. The van der Waals surface area contributed by atoms with Crippen molar-refractivity contribution in [3.8, 4) is 22.8 Å². The molecule has 0 saturated carbocycles. The van der Waals surface area contributed by atoms with Crippen molar-refractivity contribution in [2.24, 2.45) is 7.05 Å². The summed E-state index contributed by atoms with van der Waals surface area (Å²) in [6.07, 6.45) is 6.86. The summed E-state index contributed by atoms with van der Waals surface area (Å²) in [5.74, 6) is 3.46. The number of aromatic nitrogens is 5. The van der Waals surface area contributed by atoms with Gasteiger partial charge in [-0.1, -0.05) is 23.9 Å². The minimum absolute atomic E-state index is 0.711. The Labute approximate surface area is 221 Å². The number of thioether (sulfide) groups is 1. The molecular formula is C29H30N6OS. The third-order valence-corrected chi connectivity index (χ3v) is 8.12. The molecular weight excluding hydrogens is 480 g/mol. The average molecular weight is 511 g/mol. The van der Waals surface area contributed by atoms with Crippen molar-refractivity contribution < 1.29 is 4.42 Å². The van der Waals surface area contributed by atoms with Gasteiger partial charge in [-0.2, -0.15) is 0 Å². The third-order valence-electron chi connectivity index (χ3n) is 7.02. The first-order valence-electron chi connectivity index (χ1n) is 12.8. The van der Waals surface area contributed by atoms with Crippen molar-refractivity contribution >= 4 is 22.7 Å². The fourth-order valence-corrected chi connectivity index (χ4v) is 5.81. The highest BCUT2D eigenvalue weighted by molar-refractivity contribution is 7.99. The lowest BCUT2D eigenvalue weighted by Gasteiger charge is -2.19. The lowest BCUT2D eigenvalue weighted by molar-refractivity contribution is 0.289. The third kappa shape index (κ3) is 5.17. The van der Waals surface area contributed by atoms with Crippen molar-refractivity contribution in [1.82, 2.24) is 29.6 Å². The fourth-order valence-electron chi connectivity index (χ4n) is 4.97. The summed E-state index contributed by atoms with van der Waals surface area (Å²) in [5, 5.41) is 11.0. The van der Waals surface area contributed by atoms with Crippen LogP contribution in [-0.4, -0.2) is 55.0 Å². The van der Waals surface area contributed by atoms with E-state index in [9.17, 15) is 0 Å². The summed E-state index contributed by atoms with van der Waals surface area (Å²) in [4.78, 5) is 11.4. The van der Waals surface area contributed by atoms with Gasteiger partial charge in [0, 0.05) is 48.6 Å². The van der Waals surface area contributed by atoms with Crippen LogP contribution in [0.2, 0.25) is 0 Å². The van der Waals surface area contributed by atoms with Crippen LogP contribution in [0.25, 0.3) is 33.7 Å². The Morgan fingerprint density at radius 3 is 2.68 bits per heavy atom. The smallest absolute Gasteiger partial charge is 0.226 e. The van der Waals surface area contributed by atoms with E-state index in [1.807, 2.05) is 32.3 Å². The lowest BCUT2D eigenvalue weighted by atomic mass is 10.00. The molecule has 0 N–H and O–H groups in total. The highest BCUT2D eigenvalue weighted by Gasteiger charge is 2.16. The number of pyridine rings is 1. The molecule has 6 rings (SSSR count). The first kappa shape index (κ1) is 23.9. The van der Waals surface area contributed by atoms with Crippen molar-refractivity contribution in [2.45, 2.75) is 31.3 Å². The predicted molar refractivity (Wildman–Crippen MR) is 148 cm³/mol. The maximum absolute atomic E-state index is 5.73. The Bertz CT molecular complexity index is 1540. The van der Waals surface area contributed by atoms with Gasteiger partial charge in [-0.05, 0) is 80.3 Å². The van der Waals surface area contributed by atoms with Gasteiger partial charge in [0.1, 0.15) is 5.76 Å². The molecule has 3 aromatic heterocycles. The SMILES string of the molecule is Cc1cnc(-c2ccc3c(c2)CCN(CCCSc2nnc(-c4ccc5ncccc5c4)n2C)CC3)o1. The Hall–Kier alpha value is -3.49. The predicted octanol–water partition coefficient (Wildman–Crippen LogP) is 5.58. The molecule has 0 unspecified atom stereocenters. The highest BCUT2D eigenvalue weighted by atomic mass is 32.2. The van der Waals surface area contributed by atoms with Gasteiger partial charge < -0.3 is 13.9 Å². The number of hydrogen-bond donors (Lipinski definition) is 0. The van der Waals surface area contributed by atoms with Gasteiger partial charge in [0.05, 0.1) is 11.7 Å². The number of rotatable bonds is 7. The van der Waals surface area contributed by atoms with Gasteiger partial charge in [0.15, 0.2) is 11.0 Å². The van der Waals surface area contributed by atoms with Crippen LogP contribution in [0.5, 0.6) is 0 Å². The summed E-state index contributed by atoms with van der Waals surface area (Å²) in [5.41, 5.74) is 5.98. The summed E-state index contributed by atoms with van der Waals surface area (Å²) in [6.45, 7) is 5.20. The standard InChI is InChI=1S/C29H30N6OS/c1-20-19-31-28(36-20)25-7-6-21-10-14-35(15-11-22(21)17-25)13-4-16-37-29-33-32-27(34(29)2)24-8-9-26-23(18-24)5-3-12-30-26/h3,5-9,12,17-19H,4,10-11,13-16H2,1-2H3. The van der Waals surface area contributed by atoms with Crippen LogP contribution < -0.4 is 0 Å². The molecule has 37 heavy (non-hydrogen) atoms. The molecule has 0 radical (unpaired) electrons. The van der Waals surface area contributed by atoms with Crippen LogP contribution in [0.15, 0.2) is 70.5 Å². The van der Waals surface area contributed by atoms with E-state index in [-0.39, 0.29) is 0 Å². The van der Waals surface area contributed by atoms with Gasteiger partial charge in [0.2, 0.25) is 5.89 Å². The number of nitrogens with zero attached hydrogens (tertiary/aromatic N) is 6. The lowest BCUT2D eigenvalue weighted by Crippen LogP contribution is -2.27. The van der Waals surface area contributed by atoms with E-state index in [4.69, 9.17) is 4.42 Å². The quantitative estimate of drug-likeness (QED) is 0.209. The monoisotopic (exact) mass is 510 g/mol. The van der Waals surface area contributed by atoms with E-state index in [1.54, 1.807) is 18.0 Å². The molecule has 0 bridgehead atoms. The molecule has 0 saturated heterocycles. The summed E-state index contributed by atoms with van der Waals surface area (Å²) >= 11 is 1.78. The largest absolute Gasteiger partial charge is 0.441 e. The zero-order valence-electron chi connectivity index (χ0n) is 21.2. The minimum Gasteiger partial charge on any atom is -0.441 e. The van der Waals surface area contributed by atoms with Gasteiger partial charge in [0.25, 0.3) is 0 Å². The maximum atomic E-state index is 5.73. The average Bonchev–Trinajstić information content (AvgIpc) is 3.46. The molecule has 7 nitrogen and oxygen atoms in total. The van der Waals surface area contributed by atoms with Gasteiger partial charge in [-0.15, -0.1) is 10.2 Å². The highest BCUT2D eigenvalue weighted by Crippen LogP contribution is 2.27. The summed E-state index contributed by atoms with van der Waals surface area (Å²) in [7, 11) is 2.05. The van der Waals surface area contributed by atoms with Crippen molar-refractivity contribution in [3.63, 3.8) is 0 Å². The van der Waals surface area contributed by atoms with Crippen LogP contribution in [0.4, 0.5) is 0 Å². The van der Waals surface area contributed by atoms with Crippen LogP contribution in [0, 0.1) is 6.92 Å². The zero-order chi connectivity index (χ0) is 25.2. The Morgan fingerprint density at radius 1 is 0.946 bits per heavy atom. The normalized spacial score (nSPS) is 14.1. The molecule has 1 aliphatic rings. The molecule has 5 aromatic rings. The van der Waals surface area contributed by atoms with Gasteiger partial charge in [-0.25, -0.2) is 4.98 Å². The van der Waals surface area contributed by atoms with Crippen LogP contribution >= 0.6 is 11.8 Å². The van der Waals surface area contributed by atoms with Gasteiger partial charge in [-0.3, -0.25) is 4.98 Å². The number of hydrogen-bond acceptors (Lipinski definition) is 7. The van der Waals surface area contributed by atoms with E-state index in [0.29, 0.717) is 5.89 Å². The van der Waals surface area contributed by atoms with E-state index in [1.165, 1.54) is 11.1 Å². The molecule has 2 aromatic carbocycles. The summed E-state index contributed by atoms with van der Waals surface area (Å²) < 4.78 is 7.82. The van der Waals surface area contributed by atoms with Crippen LogP contribution in [-0.2, 0) is 19.9 Å². The molecule has 8 heteroatoms. The van der Waals surface area contributed by atoms with E-state index in [0.717, 1.165) is 83.4 Å². The minimum atomic E-state index is 0.711. The second kappa shape index (κ2) is 10.5. The van der Waals surface area contributed by atoms with Crippen LogP contribution in [0.1, 0.15) is 23.3 Å².